The van der Waals surface area contributed by atoms with Gasteiger partial charge in [0.05, 0.1) is 12.4 Å². The number of nitrogens with zero attached hydrogens (tertiary/aromatic N) is 8. The highest BCUT2D eigenvalue weighted by atomic mass is 16.3. The molecule has 2 heterocycles. The fourth-order valence-corrected chi connectivity index (χ4v) is 2.05. The summed E-state index contributed by atoms with van der Waals surface area (Å²) >= 11 is 0. The lowest BCUT2D eigenvalue weighted by atomic mass is 9.85. The molecule has 0 fully saturated rings. The van der Waals surface area contributed by atoms with E-state index in [2.05, 4.69) is 83.1 Å². The Bertz CT molecular complexity index is 856. The summed E-state index contributed by atoms with van der Waals surface area (Å²) in [4.78, 5) is 0. The predicted octanol–water partition coefficient (Wildman–Crippen LogP) is 0.608. The Kier molecular flexibility index (Phi) is 5.01. The minimum Gasteiger partial charge on any atom is -0.507 e. The summed E-state index contributed by atoms with van der Waals surface area (Å²) in [6, 6.07) is 3.70. The second-order valence-electron chi connectivity index (χ2n) is 6.46. The molecule has 0 spiro atoms. The molecular formula is C14H18N12O. The topological polar surface area (TPSA) is 178 Å². The van der Waals surface area contributed by atoms with Crippen molar-refractivity contribution in [2.45, 2.75) is 26.2 Å². The van der Waals surface area contributed by atoms with Crippen LogP contribution in [0.4, 0.5) is 11.9 Å². The highest BCUT2D eigenvalue weighted by Gasteiger charge is 2.17. The molecule has 3 aromatic rings. The van der Waals surface area contributed by atoms with Crippen LogP contribution in [0.25, 0.3) is 0 Å². The smallest absolute Gasteiger partial charge is 0.283 e. The van der Waals surface area contributed by atoms with Crippen molar-refractivity contribution in [1.29, 1.82) is 0 Å². The maximum Gasteiger partial charge on any atom is 0.283 e. The molecule has 0 bridgehead atoms. The number of nitrogens with one attached hydrogen (secondary N) is 4. The molecular weight excluding hydrogens is 352 g/mol. The molecule has 27 heavy (non-hydrogen) atoms. The number of rotatable bonds is 6. The van der Waals surface area contributed by atoms with Gasteiger partial charge in [0.25, 0.3) is 11.9 Å². The van der Waals surface area contributed by atoms with Crippen LogP contribution < -0.4 is 10.9 Å². The second-order valence-corrected chi connectivity index (χ2v) is 6.46. The van der Waals surface area contributed by atoms with Crippen LogP contribution in [0.3, 0.4) is 0 Å². The van der Waals surface area contributed by atoms with Gasteiger partial charge in [0, 0.05) is 11.1 Å². The number of hydrogen-bond acceptors (Lipinski definition) is 11. The van der Waals surface area contributed by atoms with Crippen LogP contribution in [0.15, 0.2) is 22.3 Å². The van der Waals surface area contributed by atoms with Gasteiger partial charge in [-0.3, -0.25) is 0 Å². The van der Waals surface area contributed by atoms with E-state index in [1.54, 1.807) is 0 Å². The number of tetrazole rings is 2. The molecule has 13 nitrogen and oxygen atoms in total. The largest absolute Gasteiger partial charge is 0.507 e. The fourth-order valence-electron chi connectivity index (χ4n) is 2.05. The van der Waals surface area contributed by atoms with Gasteiger partial charge >= 0.3 is 0 Å². The Morgan fingerprint density at radius 1 is 0.926 bits per heavy atom. The van der Waals surface area contributed by atoms with Crippen molar-refractivity contribution >= 4 is 24.3 Å². The number of hydrogen-bond donors (Lipinski definition) is 5. The third-order valence-electron chi connectivity index (χ3n) is 3.46. The van der Waals surface area contributed by atoms with Crippen molar-refractivity contribution in [1.82, 2.24) is 41.2 Å². The fraction of sp³-hybridized carbons (Fsp3) is 0.286. The summed E-state index contributed by atoms with van der Waals surface area (Å²) in [6.45, 7) is 6.20. The maximum absolute atomic E-state index is 10.6. The van der Waals surface area contributed by atoms with E-state index in [0.29, 0.717) is 11.1 Å². The van der Waals surface area contributed by atoms with E-state index < -0.39 is 0 Å². The Labute approximate surface area is 153 Å². The third-order valence-corrected chi connectivity index (χ3v) is 3.46. The van der Waals surface area contributed by atoms with Gasteiger partial charge in [0.1, 0.15) is 5.75 Å². The number of H-pyrrole nitrogens is 2. The summed E-state index contributed by atoms with van der Waals surface area (Å²) < 4.78 is 0. The molecule has 0 unspecified atom stereocenters. The molecule has 3 rings (SSSR count). The first-order valence-corrected chi connectivity index (χ1v) is 7.86. The molecule has 13 heteroatoms. The lowest BCUT2D eigenvalue weighted by Gasteiger charge is -2.21. The number of phenols is 1. The first-order valence-electron chi connectivity index (χ1n) is 7.86. The van der Waals surface area contributed by atoms with Gasteiger partial charge in [-0.15, -0.1) is 10.2 Å². The third kappa shape index (κ3) is 4.59. The van der Waals surface area contributed by atoms with Gasteiger partial charge in [-0.1, -0.05) is 31.0 Å². The minimum atomic E-state index is -0.152. The van der Waals surface area contributed by atoms with E-state index in [9.17, 15) is 5.11 Å². The second kappa shape index (κ2) is 7.55. The first kappa shape index (κ1) is 17.9. The van der Waals surface area contributed by atoms with Crippen molar-refractivity contribution < 1.29 is 5.11 Å². The molecule has 1 aromatic carbocycles. The zero-order valence-electron chi connectivity index (χ0n) is 14.8. The van der Waals surface area contributed by atoms with Crippen LogP contribution in [-0.4, -0.2) is 58.8 Å². The molecule has 0 aliphatic carbocycles. The molecule has 0 amide bonds. The number of aromatic hydroxyl groups is 1. The quantitative estimate of drug-likeness (QED) is 0.307. The van der Waals surface area contributed by atoms with E-state index in [1.807, 2.05) is 12.1 Å². The summed E-state index contributed by atoms with van der Waals surface area (Å²) in [7, 11) is 0. The molecule has 0 saturated carbocycles. The van der Waals surface area contributed by atoms with Crippen LogP contribution in [0, 0.1) is 0 Å². The molecule has 140 valence electrons. The number of benzene rings is 1. The van der Waals surface area contributed by atoms with Crippen LogP contribution in [0.1, 0.15) is 37.5 Å². The van der Waals surface area contributed by atoms with E-state index in [1.165, 1.54) is 12.4 Å². The zero-order valence-corrected chi connectivity index (χ0v) is 14.8. The van der Waals surface area contributed by atoms with E-state index in [4.69, 9.17) is 0 Å². The molecule has 0 aliphatic heterocycles. The summed E-state index contributed by atoms with van der Waals surface area (Å²) in [6.07, 6.45) is 2.93. The summed E-state index contributed by atoms with van der Waals surface area (Å²) in [5, 5.41) is 44.9. The van der Waals surface area contributed by atoms with Crippen molar-refractivity contribution in [2.24, 2.45) is 10.2 Å². The lowest BCUT2D eigenvalue weighted by Crippen LogP contribution is -2.12. The van der Waals surface area contributed by atoms with Crippen LogP contribution in [0.2, 0.25) is 0 Å². The predicted molar refractivity (Wildman–Crippen MR) is 97.6 cm³/mol. The number of anilines is 2. The monoisotopic (exact) mass is 370 g/mol. The normalized spacial score (nSPS) is 12.1. The number of aromatic nitrogens is 8. The molecule has 2 aromatic heterocycles. The van der Waals surface area contributed by atoms with Crippen LogP contribution in [-0.2, 0) is 5.41 Å². The highest BCUT2D eigenvalue weighted by Crippen LogP contribution is 2.29. The Morgan fingerprint density at radius 3 is 1.78 bits per heavy atom. The van der Waals surface area contributed by atoms with Crippen LogP contribution >= 0.6 is 0 Å². The van der Waals surface area contributed by atoms with Gasteiger partial charge in [-0.2, -0.15) is 20.6 Å². The van der Waals surface area contributed by atoms with Crippen molar-refractivity contribution in [3.05, 3.63) is 28.8 Å². The molecule has 0 radical (unpaired) electrons. The lowest BCUT2D eigenvalue weighted by molar-refractivity contribution is 0.472. The van der Waals surface area contributed by atoms with Crippen molar-refractivity contribution in [3.63, 3.8) is 0 Å². The van der Waals surface area contributed by atoms with Crippen molar-refractivity contribution in [3.8, 4) is 5.75 Å². The van der Waals surface area contributed by atoms with Gasteiger partial charge in [0.15, 0.2) is 0 Å². The number of phenolic OH excluding ortho intramolecular Hbond substituents is 1. The first-order chi connectivity index (χ1) is 12.9. The zero-order chi connectivity index (χ0) is 19.3. The Hall–Kier alpha value is -3.90. The van der Waals surface area contributed by atoms with Gasteiger partial charge < -0.3 is 5.11 Å². The van der Waals surface area contributed by atoms with Gasteiger partial charge in [-0.05, 0) is 33.5 Å². The molecule has 0 atom stereocenters. The SMILES string of the molecule is CC(C)(C)c1cc(C=NNc2nn[nH]n2)c(O)c(C=NNc2nn[nH]n2)c1. The Morgan fingerprint density at radius 2 is 1.41 bits per heavy atom. The van der Waals surface area contributed by atoms with E-state index in [0.717, 1.165) is 5.56 Å². The average molecular weight is 370 g/mol. The van der Waals surface area contributed by atoms with E-state index in [-0.39, 0.29) is 23.1 Å². The number of aromatic amines is 2. The maximum atomic E-state index is 10.6. The molecule has 0 aliphatic rings. The van der Waals surface area contributed by atoms with Gasteiger partial charge in [0.2, 0.25) is 0 Å². The summed E-state index contributed by atoms with van der Waals surface area (Å²) in [5.74, 6) is 0.438. The standard InChI is InChI=1S/C14H18N12O/c1-14(2,3)10-4-8(6-15-17-12-19-23-24-20-12)11(27)9(5-10)7-16-18-13-21-25-26-22-13/h4-7,27H,1-3H3,(H2,17,19,20,23,24)(H2,18,21,22,25,26). The molecule has 5 N–H and O–H groups in total. The number of hydrazone groups is 2. The minimum absolute atomic E-state index is 0.0142. The van der Waals surface area contributed by atoms with Crippen molar-refractivity contribution in [2.75, 3.05) is 10.9 Å². The van der Waals surface area contributed by atoms with E-state index >= 15 is 0 Å². The van der Waals surface area contributed by atoms with Gasteiger partial charge in [-0.25, -0.2) is 10.9 Å². The Balaban J connectivity index is 1.87. The van der Waals surface area contributed by atoms with Crippen LogP contribution in [0.5, 0.6) is 5.75 Å². The highest BCUT2D eigenvalue weighted by molar-refractivity contribution is 5.92. The summed E-state index contributed by atoms with van der Waals surface area (Å²) in [5.41, 5.74) is 7.05. The molecule has 0 saturated heterocycles. The average Bonchev–Trinajstić information content (AvgIpc) is 3.30.